The highest BCUT2D eigenvalue weighted by molar-refractivity contribution is 6.07. The minimum absolute atomic E-state index is 0.0446. The van der Waals surface area contributed by atoms with Crippen LogP contribution in [0.1, 0.15) is 32.8 Å². The van der Waals surface area contributed by atoms with Gasteiger partial charge in [0.05, 0.1) is 13.5 Å². The van der Waals surface area contributed by atoms with Crippen LogP contribution in [0.5, 0.6) is 5.75 Å². The Hall–Kier alpha value is -1.90. The molecular formula is C16H20O3. The topological polar surface area (TPSA) is 43.4 Å². The van der Waals surface area contributed by atoms with Crippen molar-refractivity contribution in [3.8, 4) is 5.75 Å². The van der Waals surface area contributed by atoms with Crippen molar-refractivity contribution in [1.29, 1.82) is 0 Å². The molecule has 3 heteroatoms. The lowest BCUT2D eigenvalue weighted by atomic mass is 9.88. The first kappa shape index (κ1) is 15.2. The Morgan fingerprint density at radius 3 is 2.21 bits per heavy atom. The molecule has 0 saturated heterocycles. The van der Waals surface area contributed by atoms with Crippen molar-refractivity contribution >= 4 is 17.6 Å². The van der Waals surface area contributed by atoms with Gasteiger partial charge >= 0.3 is 0 Å². The highest BCUT2D eigenvalue weighted by Crippen LogP contribution is 2.17. The van der Waals surface area contributed by atoms with Crippen LogP contribution in [-0.4, -0.2) is 18.7 Å². The smallest absolute Gasteiger partial charge is 0.163 e. The van der Waals surface area contributed by atoms with Gasteiger partial charge < -0.3 is 4.74 Å². The number of hydrogen-bond acceptors (Lipinski definition) is 3. The van der Waals surface area contributed by atoms with Crippen LogP contribution in [0.2, 0.25) is 0 Å². The largest absolute Gasteiger partial charge is 0.497 e. The van der Waals surface area contributed by atoms with Crippen molar-refractivity contribution in [2.75, 3.05) is 7.11 Å². The molecule has 102 valence electrons. The Labute approximate surface area is 114 Å². The summed E-state index contributed by atoms with van der Waals surface area (Å²) in [4.78, 5) is 23.4. The van der Waals surface area contributed by atoms with E-state index in [0.717, 1.165) is 11.3 Å². The molecule has 0 bridgehead atoms. The van der Waals surface area contributed by atoms with E-state index >= 15 is 0 Å². The summed E-state index contributed by atoms with van der Waals surface area (Å²) in [6.45, 7) is 5.45. The summed E-state index contributed by atoms with van der Waals surface area (Å²) in [5.41, 5.74) is 0.432. The zero-order chi connectivity index (χ0) is 14.5. The van der Waals surface area contributed by atoms with Crippen molar-refractivity contribution in [2.45, 2.75) is 27.2 Å². The maximum absolute atomic E-state index is 11.7. The lowest BCUT2D eigenvalue weighted by molar-refractivity contribution is -0.130. The van der Waals surface area contributed by atoms with Gasteiger partial charge in [0.1, 0.15) is 11.5 Å². The lowest BCUT2D eigenvalue weighted by Crippen LogP contribution is -2.22. The van der Waals surface area contributed by atoms with Crippen molar-refractivity contribution in [3.63, 3.8) is 0 Å². The molecule has 0 atom stereocenters. The van der Waals surface area contributed by atoms with Crippen LogP contribution in [0, 0.1) is 5.41 Å². The average molecular weight is 260 g/mol. The number of ether oxygens (including phenoxy) is 1. The van der Waals surface area contributed by atoms with E-state index in [-0.39, 0.29) is 18.0 Å². The Morgan fingerprint density at radius 1 is 1.16 bits per heavy atom. The molecular weight excluding hydrogens is 240 g/mol. The third-order valence-corrected chi connectivity index (χ3v) is 2.75. The third-order valence-electron chi connectivity index (χ3n) is 2.75. The maximum atomic E-state index is 11.7. The van der Waals surface area contributed by atoms with E-state index in [4.69, 9.17) is 4.74 Å². The predicted molar refractivity (Wildman–Crippen MR) is 76.1 cm³/mol. The zero-order valence-electron chi connectivity index (χ0n) is 11.9. The van der Waals surface area contributed by atoms with Crippen LogP contribution >= 0.6 is 0 Å². The summed E-state index contributed by atoms with van der Waals surface area (Å²) >= 11 is 0. The molecule has 0 radical (unpaired) electrons. The van der Waals surface area contributed by atoms with E-state index < -0.39 is 5.41 Å². The van der Waals surface area contributed by atoms with Crippen LogP contribution in [0.3, 0.4) is 0 Å². The van der Waals surface area contributed by atoms with E-state index in [1.807, 2.05) is 45.0 Å². The van der Waals surface area contributed by atoms with Crippen molar-refractivity contribution in [3.05, 3.63) is 35.9 Å². The van der Waals surface area contributed by atoms with Gasteiger partial charge in [-0.05, 0) is 23.8 Å². The second-order valence-corrected chi connectivity index (χ2v) is 5.42. The van der Waals surface area contributed by atoms with Crippen LogP contribution in [-0.2, 0) is 9.59 Å². The highest BCUT2D eigenvalue weighted by atomic mass is 16.5. The monoisotopic (exact) mass is 260 g/mol. The molecule has 0 N–H and O–H groups in total. The minimum atomic E-state index is -0.469. The van der Waals surface area contributed by atoms with Crippen molar-refractivity contribution < 1.29 is 14.3 Å². The molecule has 1 aromatic rings. The normalized spacial score (nSPS) is 11.6. The molecule has 0 unspecified atom stereocenters. The SMILES string of the molecule is COc1ccc(C=CC(=O)CC(=O)C(C)(C)C)cc1. The maximum Gasteiger partial charge on any atom is 0.163 e. The second-order valence-electron chi connectivity index (χ2n) is 5.42. The lowest BCUT2D eigenvalue weighted by Gasteiger charge is -2.14. The number of hydrogen-bond donors (Lipinski definition) is 0. The molecule has 0 spiro atoms. The number of allylic oxidation sites excluding steroid dienone is 1. The van der Waals surface area contributed by atoms with Gasteiger partial charge in [-0.3, -0.25) is 9.59 Å². The van der Waals surface area contributed by atoms with Gasteiger partial charge in [0.2, 0.25) is 0 Å². The summed E-state index contributed by atoms with van der Waals surface area (Å²) in [6, 6.07) is 7.36. The molecule has 0 saturated carbocycles. The third kappa shape index (κ3) is 5.08. The Morgan fingerprint density at radius 2 is 1.74 bits per heavy atom. The molecule has 0 aliphatic rings. The van der Waals surface area contributed by atoms with Gasteiger partial charge in [-0.15, -0.1) is 0 Å². The van der Waals surface area contributed by atoms with Crippen molar-refractivity contribution in [2.24, 2.45) is 5.41 Å². The second kappa shape index (κ2) is 6.32. The molecule has 3 nitrogen and oxygen atoms in total. The zero-order valence-corrected chi connectivity index (χ0v) is 11.9. The summed E-state index contributed by atoms with van der Waals surface area (Å²) < 4.78 is 5.05. The van der Waals surface area contributed by atoms with E-state index in [1.54, 1.807) is 13.2 Å². The molecule has 0 amide bonds. The van der Waals surface area contributed by atoms with Gasteiger partial charge in [-0.25, -0.2) is 0 Å². The van der Waals surface area contributed by atoms with Crippen LogP contribution in [0.4, 0.5) is 0 Å². The molecule has 1 rings (SSSR count). The number of methoxy groups -OCH3 is 1. The van der Waals surface area contributed by atoms with Crippen LogP contribution < -0.4 is 4.74 Å². The predicted octanol–water partition coefficient (Wildman–Crippen LogP) is 3.28. The molecule has 1 aromatic carbocycles. The average Bonchev–Trinajstić information content (AvgIpc) is 2.35. The number of rotatable bonds is 5. The Balaban J connectivity index is 2.61. The minimum Gasteiger partial charge on any atom is -0.497 e. The van der Waals surface area contributed by atoms with E-state index in [9.17, 15) is 9.59 Å². The number of carbonyl (C=O) groups excluding carboxylic acids is 2. The van der Waals surface area contributed by atoms with E-state index in [0.29, 0.717) is 0 Å². The first-order chi connectivity index (χ1) is 8.82. The fraction of sp³-hybridized carbons (Fsp3) is 0.375. The highest BCUT2D eigenvalue weighted by Gasteiger charge is 2.22. The molecule has 19 heavy (non-hydrogen) atoms. The molecule has 0 aliphatic heterocycles. The Bertz CT molecular complexity index is 476. The van der Waals surface area contributed by atoms with Gasteiger partial charge in [-0.2, -0.15) is 0 Å². The fourth-order valence-corrected chi connectivity index (χ4v) is 1.39. The summed E-state index contributed by atoms with van der Waals surface area (Å²) in [5.74, 6) is 0.555. The summed E-state index contributed by atoms with van der Waals surface area (Å²) in [7, 11) is 1.60. The number of ketones is 2. The number of benzene rings is 1. The summed E-state index contributed by atoms with van der Waals surface area (Å²) in [6.07, 6.45) is 3.11. The van der Waals surface area contributed by atoms with Gasteiger partial charge in [0, 0.05) is 5.41 Å². The number of carbonyl (C=O) groups is 2. The number of Topliss-reactive ketones (excluding diaryl/α,β-unsaturated/α-hetero) is 1. The molecule has 0 fully saturated rings. The standard InChI is InChI=1S/C16H20O3/c1-16(2,3)15(18)11-13(17)8-5-12-6-9-14(19-4)10-7-12/h5-10H,11H2,1-4H3. The fourth-order valence-electron chi connectivity index (χ4n) is 1.39. The van der Waals surface area contributed by atoms with Gasteiger partial charge in [0.15, 0.2) is 5.78 Å². The van der Waals surface area contributed by atoms with Crippen LogP contribution in [0.25, 0.3) is 6.08 Å². The van der Waals surface area contributed by atoms with Gasteiger partial charge in [-0.1, -0.05) is 39.0 Å². The summed E-state index contributed by atoms with van der Waals surface area (Å²) in [5, 5.41) is 0. The first-order valence-electron chi connectivity index (χ1n) is 6.21. The molecule has 0 aromatic heterocycles. The van der Waals surface area contributed by atoms with E-state index in [2.05, 4.69) is 0 Å². The van der Waals surface area contributed by atoms with E-state index in [1.165, 1.54) is 6.08 Å². The quantitative estimate of drug-likeness (QED) is 0.602. The van der Waals surface area contributed by atoms with Crippen molar-refractivity contribution in [1.82, 2.24) is 0 Å². The van der Waals surface area contributed by atoms with Gasteiger partial charge in [0.25, 0.3) is 0 Å². The van der Waals surface area contributed by atoms with Crippen LogP contribution in [0.15, 0.2) is 30.3 Å². The Kier molecular flexibility index (Phi) is 5.04. The molecule has 0 heterocycles. The first-order valence-corrected chi connectivity index (χ1v) is 6.21. The molecule has 0 aliphatic carbocycles.